The third-order valence-electron chi connectivity index (χ3n) is 7.12. The molecule has 8 heteroatoms. The van der Waals surface area contributed by atoms with E-state index < -0.39 is 6.36 Å². The number of alkyl halides is 3. The van der Waals surface area contributed by atoms with E-state index in [1.165, 1.54) is 63.9 Å². The van der Waals surface area contributed by atoms with Gasteiger partial charge in [-0.3, -0.25) is 4.79 Å². The third-order valence-corrected chi connectivity index (χ3v) is 7.12. The molecule has 2 aromatic rings. The number of nitrogens with zero attached hydrogens (tertiary/aromatic N) is 1. The number of quaternary nitrogens is 2. The van der Waals surface area contributed by atoms with Gasteiger partial charge in [0.25, 0.3) is 0 Å². The second-order valence-corrected chi connectivity index (χ2v) is 10.3. The van der Waals surface area contributed by atoms with E-state index in [9.17, 15) is 18.0 Å². The first-order valence-corrected chi connectivity index (χ1v) is 15.9. The first kappa shape index (κ1) is 47.1. The van der Waals surface area contributed by atoms with Crippen LogP contribution in [0.2, 0.25) is 0 Å². The van der Waals surface area contributed by atoms with Gasteiger partial charge in [-0.15, -0.1) is 64.6 Å². The molecule has 5 nitrogen and oxygen atoms in total. The number of hydrogen-bond donors (Lipinski definition) is 2. The maximum absolute atomic E-state index is 12.4. The van der Waals surface area contributed by atoms with Crippen LogP contribution >= 0.6 is 0 Å². The predicted molar refractivity (Wildman–Crippen MR) is 189 cm³/mol. The van der Waals surface area contributed by atoms with Gasteiger partial charge in [-0.2, -0.15) is 0 Å². The van der Waals surface area contributed by atoms with Crippen molar-refractivity contribution in [1.29, 1.82) is 0 Å². The third kappa shape index (κ3) is 25.5. The predicted octanol–water partition coefficient (Wildman–Crippen LogP) is 5.98. The molecule has 1 aliphatic carbocycles. The number of carbonyl (C=O) groups excluding carboxylic acids is 1. The summed E-state index contributed by atoms with van der Waals surface area (Å²) in [6.07, 6.45) is 42.0. The fraction of sp³-hybridized carbons (Fsp3) is 0.462. The molecule has 2 heterocycles. The summed E-state index contributed by atoms with van der Waals surface area (Å²) >= 11 is 0. The Morgan fingerprint density at radius 1 is 0.787 bits per heavy atom. The molecule has 1 amide bonds. The Labute approximate surface area is 283 Å². The van der Waals surface area contributed by atoms with Crippen molar-refractivity contribution in [3.05, 3.63) is 65.7 Å². The zero-order valence-corrected chi connectivity index (χ0v) is 28.1. The number of ether oxygens (including phenoxy) is 1. The highest BCUT2D eigenvalue weighted by molar-refractivity contribution is 5.47. The first-order chi connectivity index (χ1) is 22.9. The largest absolute Gasteiger partial charge is 0.573 e. The van der Waals surface area contributed by atoms with Crippen LogP contribution in [0.1, 0.15) is 81.3 Å². The second kappa shape index (κ2) is 34.5. The van der Waals surface area contributed by atoms with Crippen LogP contribution in [0.4, 0.5) is 13.2 Å². The van der Waals surface area contributed by atoms with Crippen molar-refractivity contribution >= 4 is 6.41 Å². The van der Waals surface area contributed by atoms with Gasteiger partial charge in [0.1, 0.15) is 12.3 Å². The van der Waals surface area contributed by atoms with Crippen LogP contribution in [0.25, 0.3) is 0 Å². The maximum atomic E-state index is 12.4. The molecule has 47 heavy (non-hydrogen) atoms. The summed E-state index contributed by atoms with van der Waals surface area (Å²) in [7, 11) is 1.84. The lowest BCUT2D eigenvalue weighted by Crippen LogP contribution is -2.81. The van der Waals surface area contributed by atoms with Gasteiger partial charge in [0.05, 0.1) is 25.7 Å². The summed E-state index contributed by atoms with van der Waals surface area (Å²) < 4.78 is 41.5. The molecular formula is C39H56F3N3O2+2. The van der Waals surface area contributed by atoms with E-state index in [-0.39, 0.29) is 5.75 Å². The zero-order chi connectivity index (χ0) is 36.2. The van der Waals surface area contributed by atoms with Crippen LogP contribution in [0.5, 0.6) is 5.75 Å². The molecule has 1 saturated carbocycles. The zero-order valence-electron chi connectivity index (χ0n) is 28.1. The van der Waals surface area contributed by atoms with Crippen LogP contribution in [0.3, 0.4) is 0 Å². The number of carbonyl (C=O) groups is 1. The van der Waals surface area contributed by atoms with Crippen LogP contribution in [0, 0.1) is 51.4 Å². The quantitative estimate of drug-likeness (QED) is 0.308. The molecular weight excluding hydrogens is 599 g/mol. The highest BCUT2D eigenvalue weighted by Gasteiger charge is 2.33. The van der Waals surface area contributed by atoms with Crippen molar-refractivity contribution in [3.8, 4) is 57.1 Å². The van der Waals surface area contributed by atoms with Gasteiger partial charge in [0.2, 0.25) is 6.41 Å². The first-order valence-electron chi connectivity index (χ1n) is 15.9. The van der Waals surface area contributed by atoms with Crippen molar-refractivity contribution in [2.45, 2.75) is 83.0 Å². The normalized spacial score (nSPS) is 15.7. The van der Waals surface area contributed by atoms with Crippen LogP contribution in [0.15, 0.2) is 54.6 Å². The number of terminal acetylenes is 4. The average molecular weight is 656 g/mol. The van der Waals surface area contributed by atoms with E-state index in [1.807, 2.05) is 59.7 Å². The Kier molecular flexibility index (Phi) is 34.6. The monoisotopic (exact) mass is 655 g/mol. The smallest absolute Gasteiger partial charge is 0.405 e. The van der Waals surface area contributed by atoms with Gasteiger partial charge in [0.15, 0.2) is 0 Å². The van der Waals surface area contributed by atoms with E-state index in [0.29, 0.717) is 18.0 Å². The lowest BCUT2D eigenvalue weighted by molar-refractivity contribution is -0.643. The lowest BCUT2D eigenvalue weighted by atomic mass is 9.93. The molecule has 3 aliphatic rings. The number of benzene rings is 2. The Bertz CT molecular complexity index is 988. The van der Waals surface area contributed by atoms with Crippen molar-refractivity contribution < 1.29 is 33.3 Å². The fourth-order valence-corrected chi connectivity index (χ4v) is 5.12. The van der Waals surface area contributed by atoms with E-state index in [1.54, 1.807) is 6.07 Å². The SMILES string of the molecule is C#C.C#C.C#C.C#C.C1CCCCC1.C[NH2+]Cc1c(OC(F)(F)F)cccc1[C@H]1CC[NH2+]C1.O=CN1CCCCC1.c1ccccc1. The molecule has 5 rings (SSSR count). The van der Waals surface area contributed by atoms with Gasteiger partial charge in [-0.25, -0.2) is 0 Å². The van der Waals surface area contributed by atoms with Crippen LogP contribution < -0.4 is 15.4 Å². The second-order valence-electron chi connectivity index (χ2n) is 10.3. The molecule has 3 fully saturated rings. The van der Waals surface area contributed by atoms with Gasteiger partial charge in [-0.1, -0.05) is 87.1 Å². The number of hydrogen-bond acceptors (Lipinski definition) is 2. The van der Waals surface area contributed by atoms with E-state index in [2.05, 4.69) is 61.4 Å². The van der Waals surface area contributed by atoms with E-state index in [0.717, 1.165) is 44.6 Å². The summed E-state index contributed by atoms with van der Waals surface area (Å²) in [5, 5.41) is 4.06. The van der Waals surface area contributed by atoms with Gasteiger partial charge >= 0.3 is 6.36 Å². The summed E-state index contributed by atoms with van der Waals surface area (Å²) in [4.78, 5) is 11.9. The summed E-state index contributed by atoms with van der Waals surface area (Å²) in [6, 6.07) is 17.0. The highest BCUT2D eigenvalue weighted by Crippen LogP contribution is 2.32. The average Bonchev–Trinajstić information content (AvgIpc) is 3.70. The molecule has 2 saturated heterocycles. The topological polar surface area (TPSA) is 62.8 Å². The molecule has 0 unspecified atom stereocenters. The molecule has 0 radical (unpaired) electrons. The minimum atomic E-state index is -4.64. The number of rotatable bonds is 5. The summed E-state index contributed by atoms with van der Waals surface area (Å²) in [6.45, 7) is 4.42. The van der Waals surface area contributed by atoms with Crippen molar-refractivity contribution in [1.82, 2.24) is 4.90 Å². The van der Waals surface area contributed by atoms with E-state index >= 15 is 0 Å². The van der Waals surface area contributed by atoms with Crippen molar-refractivity contribution in [3.63, 3.8) is 0 Å². The van der Waals surface area contributed by atoms with Gasteiger partial charge < -0.3 is 20.3 Å². The van der Waals surface area contributed by atoms with Crippen LogP contribution in [-0.2, 0) is 11.3 Å². The Morgan fingerprint density at radius 3 is 1.57 bits per heavy atom. The molecule has 1 atom stereocenters. The molecule has 2 aliphatic heterocycles. The Balaban J connectivity index is -0.000000572. The Morgan fingerprint density at radius 2 is 1.23 bits per heavy atom. The number of amides is 1. The Hall–Kier alpha value is -4.34. The minimum absolute atomic E-state index is 0.0602. The minimum Gasteiger partial charge on any atom is -0.405 e. The number of halogens is 3. The molecule has 0 aromatic heterocycles. The number of likely N-dealkylation sites (tertiary alicyclic amines) is 1. The molecule has 2 aromatic carbocycles. The van der Waals surface area contributed by atoms with E-state index in [4.69, 9.17) is 0 Å². The molecule has 258 valence electrons. The number of piperidine rings is 1. The fourth-order valence-electron chi connectivity index (χ4n) is 5.12. The standard InChI is InChI=1S/C13H17F3N2O.C6H11NO.C6H12.C6H6.4C2H2/c1-17-8-11-10(9-5-6-18-7-9)3-2-4-12(11)19-13(14,15)16;8-6-7-4-2-1-3-5-7;2*1-2-4-6-5-3-1;4*1-2/h2-4,9,17-18H,5-8H2,1H3;6H,1-5H2;1-6H2;1-6H;4*1-2H/p+2/t9-;;;;;;;/m0......./s1. The van der Waals surface area contributed by atoms with Gasteiger partial charge in [-0.05, 0) is 30.9 Å². The van der Waals surface area contributed by atoms with Gasteiger partial charge in [0, 0.05) is 25.4 Å². The summed E-state index contributed by atoms with van der Waals surface area (Å²) in [5.74, 6) is 0.265. The molecule has 0 spiro atoms. The van der Waals surface area contributed by atoms with Crippen molar-refractivity contribution in [2.24, 2.45) is 0 Å². The van der Waals surface area contributed by atoms with Crippen LogP contribution in [-0.4, -0.2) is 50.9 Å². The summed E-state index contributed by atoms with van der Waals surface area (Å²) in [5.41, 5.74) is 1.66. The van der Waals surface area contributed by atoms with Crippen molar-refractivity contribution in [2.75, 3.05) is 33.2 Å². The molecule has 0 bridgehead atoms. The number of nitrogens with two attached hydrogens (primary N) is 2. The maximum Gasteiger partial charge on any atom is 0.573 e. The molecule has 4 N–H and O–H groups in total. The lowest BCUT2D eigenvalue weighted by Gasteiger charge is -2.21. The highest BCUT2D eigenvalue weighted by atomic mass is 19.4.